The minimum absolute atomic E-state index is 0.0844. The van der Waals surface area contributed by atoms with E-state index < -0.39 is 47.2 Å². The average molecular weight is 361 g/mol. The first-order chi connectivity index (χ1) is 10.9. The minimum Gasteiger partial charge on any atom is -0.459 e. The second-order valence-electron chi connectivity index (χ2n) is 4.41. The highest BCUT2D eigenvalue weighted by atomic mass is 19.4. The highest BCUT2D eigenvalue weighted by molar-refractivity contribution is 6.32. The van der Waals surface area contributed by atoms with E-state index in [4.69, 9.17) is 0 Å². The number of amides is 1. The largest absolute Gasteiger partial charge is 0.459 e. The Kier molecular flexibility index (Phi) is 5.80. The smallest absolute Gasteiger partial charge is 0.419 e. The molecule has 1 rings (SSSR count). The van der Waals surface area contributed by atoms with Gasteiger partial charge in [0.25, 0.3) is 0 Å². The van der Waals surface area contributed by atoms with Crippen LogP contribution in [-0.2, 0) is 20.5 Å². The third kappa shape index (κ3) is 4.83. The number of hydrogen-bond donors (Lipinski definition) is 1. The molecule has 24 heavy (non-hydrogen) atoms. The van der Waals surface area contributed by atoms with Crippen LogP contribution >= 0.6 is 0 Å². The molecule has 1 atom stereocenters. The van der Waals surface area contributed by atoms with Crippen molar-refractivity contribution in [2.75, 3.05) is 6.61 Å². The predicted molar refractivity (Wildman–Crippen MR) is 65.0 cm³/mol. The first kappa shape index (κ1) is 19.7. The van der Waals surface area contributed by atoms with Crippen molar-refractivity contribution in [2.24, 2.45) is 0 Å². The second kappa shape index (κ2) is 7.05. The highest BCUT2D eigenvalue weighted by Crippen LogP contribution is 2.37. The summed E-state index contributed by atoms with van der Waals surface area (Å²) in [6, 6.07) is -2.42. The number of esters is 1. The van der Waals surface area contributed by atoms with E-state index >= 15 is 0 Å². The third-order valence-electron chi connectivity index (χ3n) is 2.69. The van der Waals surface area contributed by atoms with Gasteiger partial charge in [-0.15, -0.1) is 0 Å². The molecule has 0 saturated carbocycles. The van der Waals surface area contributed by atoms with Crippen molar-refractivity contribution in [1.82, 2.24) is 5.32 Å². The Morgan fingerprint density at radius 3 is 2.21 bits per heavy atom. The molecule has 0 heterocycles. The molecular weight excluding hydrogens is 351 g/mol. The zero-order valence-electron chi connectivity index (χ0n) is 11.9. The molecule has 1 aromatic carbocycles. The number of rotatable bonds is 3. The number of halogens is 7. The van der Waals surface area contributed by atoms with Crippen LogP contribution in [0.2, 0.25) is 0 Å². The molecule has 0 aliphatic carbocycles. The number of benzene rings is 1. The van der Waals surface area contributed by atoms with E-state index in [-0.39, 0.29) is 18.7 Å². The maximum atomic E-state index is 13.2. The van der Waals surface area contributed by atoms with Crippen LogP contribution in [0.5, 0.6) is 0 Å². The van der Waals surface area contributed by atoms with Crippen LogP contribution in [0.15, 0.2) is 18.2 Å². The van der Waals surface area contributed by atoms with Crippen LogP contribution in [0, 0.1) is 5.82 Å². The second-order valence-corrected chi connectivity index (χ2v) is 4.41. The lowest BCUT2D eigenvalue weighted by Gasteiger charge is -2.22. The quantitative estimate of drug-likeness (QED) is 0.511. The molecule has 0 bridgehead atoms. The highest BCUT2D eigenvalue weighted by Gasteiger charge is 2.44. The lowest BCUT2D eigenvalue weighted by atomic mass is 10.0. The zero-order valence-corrected chi connectivity index (χ0v) is 11.9. The molecule has 1 unspecified atom stereocenters. The summed E-state index contributed by atoms with van der Waals surface area (Å²) in [6.45, 7) is 1.000. The van der Waals surface area contributed by atoms with Crippen molar-refractivity contribution in [3.05, 3.63) is 35.1 Å². The Morgan fingerprint density at radius 1 is 1.17 bits per heavy atom. The summed E-state index contributed by atoms with van der Waals surface area (Å²) in [5.41, 5.74) is -3.02. The Morgan fingerprint density at radius 2 is 1.75 bits per heavy atom. The van der Waals surface area contributed by atoms with Gasteiger partial charge in [-0.2, -0.15) is 26.3 Å². The van der Waals surface area contributed by atoms with Gasteiger partial charge in [-0.25, -0.2) is 9.18 Å². The molecule has 0 aliphatic heterocycles. The van der Waals surface area contributed by atoms with Gasteiger partial charge in [0.05, 0.1) is 12.2 Å². The Hall–Kier alpha value is -2.33. The van der Waals surface area contributed by atoms with Gasteiger partial charge in [-0.05, 0) is 24.6 Å². The van der Waals surface area contributed by atoms with Gasteiger partial charge in [-0.3, -0.25) is 4.79 Å². The van der Waals surface area contributed by atoms with E-state index in [1.165, 1.54) is 12.2 Å². The summed E-state index contributed by atoms with van der Waals surface area (Å²) in [5.74, 6) is -5.20. The zero-order chi connectivity index (χ0) is 18.7. The lowest BCUT2D eigenvalue weighted by molar-refractivity contribution is -0.169. The standard InChI is InChI=1S/C13H10F7NO3/c1-2-24-11(23)10(22)21-9(13(18,19)20)6-3-4-8(14)7(5-6)12(15,16)17/h3-5,9H,2H2,1H3,(H,21,22). The molecule has 0 saturated heterocycles. The van der Waals surface area contributed by atoms with Gasteiger partial charge in [0.1, 0.15) is 5.82 Å². The van der Waals surface area contributed by atoms with E-state index in [1.54, 1.807) is 0 Å². The fraction of sp³-hybridized carbons (Fsp3) is 0.385. The normalized spacial score (nSPS) is 13.3. The van der Waals surface area contributed by atoms with Crippen molar-refractivity contribution in [3.63, 3.8) is 0 Å². The summed E-state index contributed by atoms with van der Waals surface area (Å²) >= 11 is 0. The van der Waals surface area contributed by atoms with E-state index in [2.05, 4.69) is 4.74 Å². The van der Waals surface area contributed by atoms with Crippen LogP contribution in [-0.4, -0.2) is 24.7 Å². The van der Waals surface area contributed by atoms with Crippen LogP contribution in [0.1, 0.15) is 24.1 Å². The van der Waals surface area contributed by atoms with Crippen molar-refractivity contribution in [1.29, 1.82) is 0 Å². The molecule has 0 aromatic heterocycles. The molecule has 0 radical (unpaired) electrons. The number of carbonyl (C=O) groups is 2. The van der Waals surface area contributed by atoms with E-state index in [0.717, 1.165) is 0 Å². The van der Waals surface area contributed by atoms with E-state index in [1.807, 2.05) is 0 Å². The van der Waals surface area contributed by atoms with Gasteiger partial charge >= 0.3 is 24.2 Å². The van der Waals surface area contributed by atoms with E-state index in [0.29, 0.717) is 6.07 Å². The maximum Gasteiger partial charge on any atom is 0.419 e. The van der Waals surface area contributed by atoms with Gasteiger partial charge in [0.2, 0.25) is 0 Å². The Labute approximate surface area is 130 Å². The number of hydrogen-bond acceptors (Lipinski definition) is 3. The SMILES string of the molecule is CCOC(=O)C(=O)NC(c1ccc(F)c(C(F)(F)F)c1)C(F)(F)F. The fourth-order valence-electron chi connectivity index (χ4n) is 1.68. The third-order valence-corrected chi connectivity index (χ3v) is 2.69. The molecule has 1 N–H and O–H groups in total. The van der Waals surface area contributed by atoms with Gasteiger partial charge < -0.3 is 10.1 Å². The Balaban J connectivity index is 3.24. The van der Waals surface area contributed by atoms with Crippen LogP contribution in [0.3, 0.4) is 0 Å². The molecule has 0 aliphatic rings. The molecule has 11 heteroatoms. The number of ether oxygens (including phenoxy) is 1. The number of carbonyl (C=O) groups excluding carboxylic acids is 2. The summed E-state index contributed by atoms with van der Waals surface area (Å²) in [5, 5.41) is 1.23. The molecule has 0 fully saturated rings. The molecule has 1 aromatic rings. The molecule has 0 spiro atoms. The van der Waals surface area contributed by atoms with Gasteiger partial charge in [0, 0.05) is 0 Å². The molecular formula is C13H10F7NO3. The number of alkyl halides is 6. The van der Waals surface area contributed by atoms with Crippen molar-refractivity contribution in [3.8, 4) is 0 Å². The van der Waals surface area contributed by atoms with Crippen LogP contribution < -0.4 is 5.32 Å². The monoisotopic (exact) mass is 361 g/mol. The lowest BCUT2D eigenvalue weighted by Crippen LogP contribution is -2.42. The molecule has 1 amide bonds. The van der Waals surface area contributed by atoms with E-state index in [9.17, 15) is 40.3 Å². The first-order valence-electron chi connectivity index (χ1n) is 6.29. The molecule has 4 nitrogen and oxygen atoms in total. The van der Waals surface area contributed by atoms with Gasteiger partial charge in [-0.1, -0.05) is 6.07 Å². The van der Waals surface area contributed by atoms with Crippen LogP contribution in [0.25, 0.3) is 0 Å². The number of nitrogens with one attached hydrogen (secondary N) is 1. The minimum atomic E-state index is -5.23. The summed E-state index contributed by atoms with van der Waals surface area (Å²) in [7, 11) is 0. The summed E-state index contributed by atoms with van der Waals surface area (Å²) < 4.78 is 94.1. The Bertz CT molecular complexity index is 625. The molecule has 134 valence electrons. The van der Waals surface area contributed by atoms with Crippen LogP contribution in [0.4, 0.5) is 30.7 Å². The van der Waals surface area contributed by atoms with Gasteiger partial charge in [0.15, 0.2) is 6.04 Å². The topological polar surface area (TPSA) is 55.4 Å². The fourth-order valence-corrected chi connectivity index (χ4v) is 1.68. The maximum absolute atomic E-state index is 13.2. The predicted octanol–water partition coefficient (Wildman–Crippen LogP) is 3.13. The first-order valence-corrected chi connectivity index (χ1v) is 6.29. The summed E-state index contributed by atoms with van der Waals surface area (Å²) in [6.07, 6.45) is -10.5. The van der Waals surface area contributed by atoms with Crippen molar-refractivity contribution < 1.29 is 45.1 Å². The summed E-state index contributed by atoms with van der Waals surface area (Å²) in [4.78, 5) is 22.4. The van der Waals surface area contributed by atoms with Crippen molar-refractivity contribution in [2.45, 2.75) is 25.3 Å². The average Bonchev–Trinajstić information content (AvgIpc) is 2.43. The van der Waals surface area contributed by atoms with Crippen molar-refractivity contribution >= 4 is 11.9 Å².